The van der Waals surface area contributed by atoms with E-state index in [9.17, 15) is 9.59 Å². The molecule has 14 heavy (non-hydrogen) atoms. The van der Waals surface area contributed by atoms with E-state index in [1.165, 1.54) is 7.11 Å². The summed E-state index contributed by atoms with van der Waals surface area (Å²) in [6, 6.07) is 0.0367. The van der Waals surface area contributed by atoms with Crippen LogP contribution < -0.4 is 5.32 Å². The van der Waals surface area contributed by atoms with Gasteiger partial charge >= 0.3 is 5.97 Å². The summed E-state index contributed by atoms with van der Waals surface area (Å²) in [5.41, 5.74) is 0. The van der Waals surface area contributed by atoms with Gasteiger partial charge in [0.15, 0.2) is 6.10 Å². The van der Waals surface area contributed by atoms with Crippen LogP contribution in [0.4, 0.5) is 0 Å². The van der Waals surface area contributed by atoms with Crippen LogP contribution in [0.15, 0.2) is 0 Å². The van der Waals surface area contributed by atoms with Crippen molar-refractivity contribution >= 4 is 11.9 Å². The van der Waals surface area contributed by atoms with E-state index >= 15 is 0 Å². The zero-order chi connectivity index (χ0) is 10.6. The normalized spacial score (nSPS) is 23.0. The Kier molecular flexibility index (Phi) is 3.88. The van der Waals surface area contributed by atoms with Gasteiger partial charge in [0.1, 0.15) is 0 Å². The van der Waals surface area contributed by atoms with Crippen molar-refractivity contribution < 1.29 is 19.1 Å². The number of carbonyl (C=O) groups is 2. The molecular formula is C9H15NO4. The van der Waals surface area contributed by atoms with Crippen LogP contribution in [0.1, 0.15) is 19.8 Å². The molecule has 1 amide bonds. The zero-order valence-electron chi connectivity index (χ0n) is 8.41. The van der Waals surface area contributed by atoms with Gasteiger partial charge in [-0.3, -0.25) is 4.79 Å². The van der Waals surface area contributed by atoms with E-state index < -0.39 is 12.1 Å². The Morgan fingerprint density at radius 3 is 2.93 bits per heavy atom. The predicted molar refractivity (Wildman–Crippen MR) is 48.6 cm³/mol. The Labute approximate surface area is 82.8 Å². The summed E-state index contributed by atoms with van der Waals surface area (Å²) < 4.78 is 9.73. The van der Waals surface area contributed by atoms with Gasteiger partial charge in [0.25, 0.3) is 0 Å². The number of hydrogen-bond acceptors (Lipinski definition) is 4. The number of amides is 1. The summed E-state index contributed by atoms with van der Waals surface area (Å²) in [6.07, 6.45) is 0.741. The number of nitrogens with one attached hydrogen (secondary N) is 1. The second-order valence-corrected chi connectivity index (χ2v) is 3.30. The van der Waals surface area contributed by atoms with Crippen molar-refractivity contribution in [2.45, 2.75) is 31.9 Å². The molecule has 0 aromatic carbocycles. The summed E-state index contributed by atoms with van der Waals surface area (Å²) in [6.45, 7) is 1.99. The van der Waals surface area contributed by atoms with Gasteiger partial charge < -0.3 is 14.8 Å². The van der Waals surface area contributed by atoms with Gasteiger partial charge in [0, 0.05) is 6.42 Å². The maximum Gasteiger partial charge on any atom is 0.334 e. The van der Waals surface area contributed by atoms with Crippen LogP contribution >= 0.6 is 0 Å². The molecule has 1 rings (SSSR count). The van der Waals surface area contributed by atoms with Crippen LogP contribution in [-0.2, 0) is 19.1 Å². The van der Waals surface area contributed by atoms with Crippen LogP contribution in [0.2, 0.25) is 0 Å². The smallest absolute Gasteiger partial charge is 0.334 e. The summed E-state index contributed by atoms with van der Waals surface area (Å²) in [5.74, 6) is -0.348. The summed E-state index contributed by atoms with van der Waals surface area (Å²) >= 11 is 0. The molecule has 0 aromatic rings. The predicted octanol–water partition coefficient (Wildman–Crippen LogP) is -0.157. The summed E-state index contributed by atoms with van der Waals surface area (Å²) in [4.78, 5) is 21.8. The highest BCUT2D eigenvalue weighted by atomic mass is 16.6. The minimum atomic E-state index is -0.572. The molecule has 5 nitrogen and oxygen atoms in total. The Morgan fingerprint density at radius 1 is 1.71 bits per heavy atom. The number of methoxy groups -OCH3 is 1. The third-order valence-corrected chi connectivity index (χ3v) is 2.17. The molecule has 1 aliphatic rings. The molecule has 2 atom stereocenters. The molecule has 0 spiro atoms. The van der Waals surface area contributed by atoms with Crippen LogP contribution in [0.25, 0.3) is 0 Å². The lowest BCUT2D eigenvalue weighted by Crippen LogP contribution is -2.33. The molecule has 1 heterocycles. The Morgan fingerprint density at radius 2 is 2.43 bits per heavy atom. The molecular weight excluding hydrogens is 186 g/mol. The Hall–Kier alpha value is -1.10. The van der Waals surface area contributed by atoms with E-state index in [2.05, 4.69) is 10.1 Å². The molecule has 0 aromatic heterocycles. The van der Waals surface area contributed by atoms with Gasteiger partial charge in [-0.05, 0) is 13.3 Å². The van der Waals surface area contributed by atoms with E-state index in [0.29, 0.717) is 13.0 Å². The highest BCUT2D eigenvalue weighted by molar-refractivity contribution is 5.78. The lowest BCUT2D eigenvalue weighted by atomic mass is 10.2. The second kappa shape index (κ2) is 4.95. The third-order valence-electron chi connectivity index (χ3n) is 2.17. The first-order chi connectivity index (χ1) is 6.63. The lowest BCUT2D eigenvalue weighted by molar-refractivity contribution is -0.153. The first kappa shape index (κ1) is 11.0. The number of carbonyl (C=O) groups excluding carboxylic acids is 2. The largest absolute Gasteiger partial charge is 0.467 e. The first-order valence-corrected chi connectivity index (χ1v) is 4.62. The van der Waals surface area contributed by atoms with Crippen molar-refractivity contribution in [2.75, 3.05) is 13.7 Å². The second-order valence-electron chi connectivity index (χ2n) is 3.30. The van der Waals surface area contributed by atoms with Crippen molar-refractivity contribution in [2.24, 2.45) is 0 Å². The minimum Gasteiger partial charge on any atom is -0.467 e. The quantitative estimate of drug-likeness (QED) is 0.642. The van der Waals surface area contributed by atoms with Crippen molar-refractivity contribution in [3.05, 3.63) is 0 Å². The molecule has 1 unspecified atom stereocenters. The van der Waals surface area contributed by atoms with Crippen LogP contribution in [0, 0.1) is 0 Å². The zero-order valence-corrected chi connectivity index (χ0v) is 8.41. The van der Waals surface area contributed by atoms with E-state index in [0.717, 1.165) is 6.42 Å². The van der Waals surface area contributed by atoms with E-state index in [-0.39, 0.29) is 11.9 Å². The highest BCUT2D eigenvalue weighted by Crippen LogP contribution is 2.07. The van der Waals surface area contributed by atoms with Gasteiger partial charge in [-0.2, -0.15) is 0 Å². The molecule has 1 saturated heterocycles. The van der Waals surface area contributed by atoms with Gasteiger partial charge in [-0.1, -0.05) is 0 Å². The SMILES string of the molecule is COC(=O)C(C)OC[C@@H]1CCC(=O)N1. The molecule has 1 fully saturated rings. The molecule has 1 aliphatic heterocycles. The van der Waals surface area contributed by atoms with E-state index in [1.807, 2.05) is 0 Å². The maximum absolute atomic E-state index is 10.9. The molecule has 1 N–H and O–H groups in total. The van der Waals surface area contributed by atoms with E-state index in [1.54, 1.807) is 6.92 Å². The van der Waals surface area contributed by atoms with Crippen molar-refractivity contribution in [1.82, 2.24) is 5.32 Å². The van der Waals surface area contributed by atoms with Crippen molar-refractivity contribution in [3.63, 3.8) is 0 Å². The fourth-order valence-corrected chi connectivity index (χ4v) is 1.30. The molecule has 0 aliphatic carbocycles. The molecule has 0 bridgehead atoms. The van der Waals surface area contributed by atoms with Crippen LogP contribution in [0.3, 0.4) is 0 Å². The average molecular weight is 201 g/mol. The topological polar surface area (TPSA) is 64.6 Å². The number of esters is 1. The van der Waals surface area contributed by atoms with Crippen molar-refractivity contribution in [1.29, 1.82) is 0 Å². The lowest BCUT2D eigenvalue weighted by Gasteiger charge is -2.14. The summed E-state index contributed by atoms with van der Waals surface area (Å²) in [5, 5.41) is 2.75. The molecule has 5 heteroatoms. The van der Waals surface area contributed by atoms with Gasteiger partial charge in [0.05, 0.1) is 19.8 Å². The van der Waals surface area contributed by atoms with E-state index in [4.69, 9.17) is 4.74 Å². The molecule has 80 valence electrons. The van der Waals surface area contributed by atoms with Crippen LogP contribution in [0.5, 0.6) is 0 Å². The van der Waals surface area contributed by atoms with Gasteiger partial charge in [0.2, 0.25) is 5.91 Å². The van der Waals surface area contributed by atoms with Crippen molar-refractivity contribution in [3.8, 4) is 0 Å². The molecule has 0 saturated carbocycles. The maximum atomic E-state index is 10.9. The number of ether oxygens (including phenoxy) is 2. The first-order valence-electron chi connectivity index (χ1n) is 4.62. The highest BCUT2D eigenvalue weighted by Gasteiger charge is 2.22. The minimum absolute atomic E-state index is 0.0367. The fourth-order valence-electron chi connectivity index (χ4n) is 1.30. The summed E-state index contributed by atoms with van der Waals surface area (Å²) in [7, 11) is 1.32. The molecule has 0 radical (unpaired) electrons. The monoisotopic (exact) mass is 201 g/mol. The Balaban J connectivity index is 2.20. The average Bonchev–Trinajstić information content (AvgIpc) is 2.59. The third kappa shape index (κ3) is 2.99. The number of hydrogen-bond donors (Lipinski definition) is 1. The fraction of sp³-hybridized carbons (Fsp3) is 0.778. The standard InChI is InChI=1S/C9H15NO4/c1-6(9(12)13-2)14-5-7-3-4-8(11)10-7/h6-7H,3-5H2,1-2H3,(H,10,11)/t6?,7-/m0/s1. The Bertz CT molecular complexity index is 229. The number of rotatable bonds is 4. The van der Waals surface area contributed by atoms with Gasteiger partial charge in [-0.15, -0.1) is 0 Å². The van der Waals surface area contributed by atoms with Crippen LogP contribution in [-0.4, -0.2) is 37.7 Å². The van der Waals surface area contributed by atoms with Gasteiger partial charge in [-0.25, -0.2) is 4.79 Å².